The molecule has 1 unspecified atom stereocenters. The Morgan fingerprint density at radius 3 is 2.63 bits per heavy atom. The van der Waals surface area contributed by atoms with Gasteiger partial charge in [0.15, 0.2) is 0 Å². The topological polar surface area (TPSA) is 73.8 Å². The number of aromatic nitrogens is 3. The van der Waals surface area contributed by atoms with Crippen molar-refractivity contribution in [1.82, 2.24) is 15.0 Å². The average Bonchev–Trinajstić information content (AvgIpc) is 2.92. The lowest BCUT2D eigenvalue weighted by Crippen LogP contribution is -2.18. The van der Waals surface area contributed by atoms with Crippen LogP contribution in [-0.4, -0.2) is 20.9 Å². The Balaban J connectivity index is 1.93. The molecule has 3 rings (SSSR count). The highest BCUT2D eigenvalue weighted by Crippen LogP contribution is 2.42. The Labute approximate surface area is 113 Å². The van der Waals surface area contributed by atoms with Crippen molar-refractivity contribution < 1.29 is 4.79 Å². The number of amides is 1. The molecule has 5 heteroatoms. The molecule has 0 aromatic carbocycles. The number of hydrogen-bond acceptors (Lipinski definition) is 3. The van der Waals surface area contributed by atoms with Gasteiger partial charge in [-0.2, -0.15) is 0 Å². The number of primary amides is 1. The van der Waals surface area contributed by atoms with Crippen molar-refractivity contribution in [3.05, 3.63) is 11.4 Å². The minimum atomic E-state index is -0.314. The summed E-state index contributed by atoms with van der Waals surface area (Å²) in [5.41, 5.74) is 7.34. The second-order valence-electron chi connectivity index (χ2n) is 6.07. The molecule has 0 radical (unpaired) electrons. The third-order valence-electron chi connectivity index (χ3n) is 4.58. The quantitative estimate of drug-likeness (QED) is 0.881. The first-order chi connectivity index (χ1) is 9.16. The largest absolute Gasteiger partial charge is 0.369 e. The molecule has 1 amide bonds. The number of hydrogen-bond donors (Lipinski definition) is 1. The maximum Gasteiger partial charge on any atom is 0.223 e. The van der Waals surface area contributed by atoms with Crippen molar-refractivity contribution in [2.45, 2.75) is 63.8 Å². The van der Waals surface area contributed by atoms with Crippen LogP contribution in [0.1, 0.15) is 68.8 Å². The fourth-order valence-electron chi connectivity index (χ4n) is 3.33. The lowest BCUT2D eigenvalue weighted by atomic mass is 9.99. The smallest absolute Gasteiger partial charge is 0.223 e. The van der Waals surface area contributed by atoms with E-state index in [4.69, 9.17) is 5.73 Å². The fraction of sp³-hybridized carbons (Fsp3) is 0.786. The van der Waals surface area contributed by atoms with Gasteiger partial charge in [0.25, 0.3) is 0 Å². The molecule has 0 bridgehead atoms. The van der Waals surface area contributed by atoms with Crippen LogP contribution in [0, 0.1) is 5.92 Å². The monoisotopic (exact) mass is 262 g/mol. The lowest BCUT2D eigenvalue weighted by Gasteiger charge is -2.18. The van der Waals surface area contributed by atoms with E-state index in [1.807, 2.05) is 0 Å². The van der Waals surface area contributed by atoms with Crippen LogP contribution in [0.4, 0.5) is 0 Å². The molecule has 2 saturated carbocycles. The Hall–Kier alpha value is -1.39. The standard InChI is InChI=1S/C14H22N4O/c1-9(10-6-7-10)18-14(11-4-2-3-5-11)12(16-17-18)8-13(15)19/h9-11H,2-8H2,1H3,(H2,15,19). The minimum absolute atomic E-state index is 0.225. The van der Waals surface area contributed by atoms with Crippen LogP contribution in [0.15, 0.2) is 0 Å². The first-order valence-corrected chi connectivity index (χ1v) is 7.39. The van der Waals surface area contributed by atoms with Gasteiger partial charge in [-0.1, -0.05) is 18.1 Å². The van der Waals surface area contributed by atoms with Gasteiger partial charge >= 0.3 is 0 Å². The molecule has 1 heterocycles. The maximum absolute atomic E-state index is 11.2. The maximum atomic E-state index is 11.2. The van der Waals surface area contributed by atoms with Crippen LogP contribution in [0.25, 0.3) is 0 Å². The van der Waals surface area contributed by atoms with E-state index in [9.17, 15) is 4.79 Å². The number of carbonyl (C=O) groups excluding carboxylic acids is 1. The van der Waals surface area contributed by atoms with Gasteiger partial charge in [0.2, 0.25) is 5.91 Å². The van der Waals surface area contributed by atoms with Gasteiger partial charge < -0.3 is 5.73 Å². The Kier molecular flexibility index (Phi) is 3.29. The molecule has 5 nitrogen and oxygen atoms in total. The van der Waals surface area contributed by atoms with Gasteiger partial charge in [-0.25, -0.2) is 4.68 Å². The molecular weight excluding hydrogens is 240 g/mol. The predicted octanol–water partition coefficient (Wildman–Crippen LogP) is 1.93. The zero-order valence-corrected chi connectivity index (χ0v) is 11.5. The third kappa shape index (κ3) is 2.51. The highest BCUT2D eigenvalue weighted by molar-refractivity contribution is 5.76. The van der Waals surface area contributed by atoms with Crippen molar-refractivity contribution in [2.75, 3.05) is 0 Å². The molecule has 2 aliphatic carbocycles. The molecular formula is C14H22N4O. The number of nitrogens with two attached hydrogens (primary N) is 1. The predicted molar refractivity (Wildman–Crippen MR) is 71.6 cm³/mol. The van der Waals surface area contributed by atoms with Gasteiger partial charge in [-0.05, 0) is 38.5 Å². The number of rotatable bonds is 5. The highest BCUT2D eigenvalue weighted by Gasteiger charge is 2.34. The molecule has 104 valence electrons. The highest BCUT2D eigenvalue weighted by atomic mass is 16.1. The average molecular weight is 262 g/mol. The van der Waals surface area contributed by atoms with Crippen LogP contribution in [-0.2, 0) is 11.2 Å². The number of carbonyl (C=O) groups is 1. The fourth-order valence-corrected chi connectivity index (χ4v) is 3.33. The van der Waals surface area contributed by atoms with Crippen molar-refractivity contribution in [3.8, 4) is 0 Å². The van der Waals surface area contributed by atoms with Crippen molar-refractivity contribution in [3.63, 3.8) is 0 Å². The van der Waals surface area contributed by atoms with E-state index in [-0.39, 0.29) is 12.3 Å². The molecule has 0 aliphatic heterocycles. The van der Waals surface area contributed by atoms with Gasteiger partial charge in [0, 0.05) is 5.92 Å². The van der Waals surface area contributed by atoms with Gasteiger partial charge in [-0.3, -0.25) is 4.79 Å². The van der Waals surface area contributed by atoms with Gasteiger partial charge in [-0.15, -0.1) is 5.10 Å². The van der Waals surface area contributed by atoms with Crippen molar-refractivity contribution >= 4 is 5.91 Å². The zero-order chi connectivity index (χ0) is 13.4. The lowest BCUT2D eigenvalue weighted by molar-refractivity contribution is -0.117. The Morgan fingerprint density at radius 2 is 2.05 bits per heavy atom. The third-order valence-corrected chi connectivity index (χ3v) is 4.58. The Bertz CT molecular complexity index is 472. The summed E-state index contributed by atoms with van der Waals surface area (Å²) in [6.45, 7) is 2.22. The number of nitrogens with zero attached hydrogens (tertiary/aromatic N) is 3. The van der Waals surface area contributed by atoms with Gasteiger partial charge in [0.1, 0.15) is 0 Å². The van der Waals surface area contributed by atoms with Crippen LogP contribution in [0.2, 0.25) is 0 Å². The summed E-state index contributed by atoms with van der Waals surface area (Å²) in [7, 11) is 0. The van der Waals surface area contributed by atoms with Crippen molar-refractivity contribution in [1.29, 1.82) is 0 Å². The molecule has 19 heavy (non-hydrogen) atoms. The summed E-state index contributed by atoms with van der Waals surface area (Å²) >= 11 is 0. The SMILES string of the molecule is CC(C1CC1)n1nnc(CC(N)=O)c1C1CCCC1. The van der Waals surface area contributed by atoms with Crippen LogP contribution < -0.4 is 5.73 Å². The van der Waals surface area contributed by atoms with E-state index < -0.39 is 0 Å². The molecule has 0 spiro atoms. The minimum Gasteiger partial charge on any atom is -0.369 e. The molecule has 1 atom stereocenters. The first kappa shape index (κ1) is 12.6. The molecule has 1 aromatic heterocycles. The van der Waals surface area contributed by atoms with E-state index in [0.717, 1.165) is 11.6 Å². The van der Waals surface area contributed by atoms with E-state index in [0.29, 0.717) is 12.0 Å². The van der Waals surface area contributed by atoms with Crippen LogP contribution in [0.3, 0.4) is 0 Å². The molecule has 1 aromatic rings. The van der Waals surface area contributed by atoms with E-state index in [1.165, 1.54) is 44.2 Å². The second kappa shape index (κ2) is 4.94. The van der Waals surface area contributed by atoms with Crippen LogP contribution in [0.5, 0.6) is 0 Å². The summed E-state index contributed by atoms with van der Waals surface area (Å²) in [5.74, 6) is 0.944. The molecule has 2 N–H and O–H groups in total. The summed E-state index contributed by atoms with van der Waals surface area (Å²) in [6, 6.07) is 0.407. The molecule has 2 fully saturated rings. The molecule has 2 aliphatic rings. The van der Waals surface area contributed by atoms with E-state index in [2.05, 4.69) is 21.9 Å². The van der Waals surface area contributed by atoms with Crippen LogP contribution >= 0.6 is 0 Å². The first-order valence-electron chi connectivity index (χ1n) is 7.39. The van der Waals surface area contributed by atoms with Gasteiger partial charge in [0.05, 0.1) is 23.9 Å². The normalized spacial score (nSPS) is 21.7. The Morgan fingerprint density at radius 1 is 1.37 bits per heavy atom. The summed E-state index contributed by atoms with van der Waals surface area (Å²) < 4.78 is 2.09. The molecule has 0 saturated heterocycles. The summed E-state index contributed by atoms with van der Waals surface area (Å²) in [6.07, 6.45) is 7.72. The van der Waals surface area contributed by atoms with E-state index >= 15 is 0 Å². The van der Waals surface area contributed by atoms with E-state index in [1.54, 1.807) is 0 Å². The summed E-state index contributed by atoms with van der Waals surface area (Å²) in [5, 5.41) is 8.58. The summed E-state index contributed by atoms with van der Waals surface area (Å²) in [4.78, 5) is 11.2. The van der Waals surface area contributed by atoms with Crippen molar-refractivity contribution in [2.24, 2.45) is 11.7 Å². The zero-order valence-electron chi connectivity index (χ0n) is 11.5. The second-order valence-corrected chi connectivity index (χ2v) is 6.07.